The quantitative estimate of drug-likeness (QED) is 0.830. The van der Waals surface area contributed by atoms with Gasteiger partial charge in [0.2, 0.25) is 0 Å². The Kier molecular flexibility index (Phi) is 5.42. The molecule has 2 aromatic carbocycles. The maximum atomic E-state index is 11.0. The van der Waals surface area contributed by atoms with E-state index in [-0.39, 0.29) is 0 Å². The van der Waals surface area contributed by atoms with E-state index in [2.05, 4.69) is 0 Å². The van der Waals surface area contributed by atoms with Crippen LogP contribution < -0.4 is 0 Å². The van der Waals surface area contributed by atoms with Crippen LogP contribution in [0.1, 0.15) is 10.4 Å². The molecule has 2 rings (SSSR count). The summed E-state index contributed by atoms with van der Waals surface area (Å²) in [5.41, 5.74) is 2.02. The number of aromatic carboxylic acids is 1. The van der Waals surface area contributed by atoms with Crippen LogP contribution in [0.25, 0.3) is 11.1 Å². The zero-order valence-corrected chi connectivity index (χ0v) is 11.5. The number of carbonyl (C=O) groups is 1. The van der Waals surface area contributed by atoms with Crippen LogP contribution in [-0.2, 0) is 10.1 Å². The summed E-state index contributed by atoms with van der Waals surface area (Å²) in [5, 5.41) is 9.03. The van der Waals surface area contributed by atoms with Crippen molar-refractivity contribution < 1.29 is 22.9 Å². The lowest BCUT2D eigenvalue weighted by atomic mass is 10.00. The molecule has 6 heteroatoms. The van der Waals surface area contributed by atoms with E-state index in [4.69, 9.17) is 9.66 Å². The summed E-state index contributed by atoms with van der Waals surface area (Å²) in [5.74, 6) is -0.894. The molecule has 0 unspecified atom stereocenters. The molecule has 0 aromatic heterocycles. The van der Waals surface area contributed by atoms with E-state index in [0.717, 1.165) is 11.1 Å². The van der Waals surface area contributed by atoms with Crippen molar-refractivity contribution in [1.82, 2.24) is 0 Å². The van der Waals surface area contributed by atoms with Crippen molar-refractivity contribution in [2.45, 2.75) is 0 Å². The third-order valence-corrected chi connectivity index (χ3v) is 2.24. The molecule has 0 atom stereocenters. The van der Waals surface area contributed by atoms with Gasteiger partial charge in [-0.2, -0.15) is 8.42 Å². The highest BCUT2D eigenvalue weighted by Crippen LogP contribution is 2.22. The highest BCUT2D eigenvalue weighted by molar-refractivity contribution is 7.85. The normalized spacial score (nSPS) is 10.3. The minimum absolute atomic E-state index is 0.337. The fourth-order valence-electron chi connectivity index (χ4n) is 1.54. The third kappa shape index (κ3) is 5.64. The van der Waals surface area contributed by atoms with E-state index in [1.54, 1.807) is 12.1 Å². The molecule has 0 bridgehead atoms. The van der Waals surface area contributed by atoms with Crippen molar-refractivity contribution in [3.63, 3.8) is 0 Å². The summed E-state index contributed by atoms with van der Waals surface area (Å²) in [6, 6.07) is 16.5. The van der Waals surface area contributed by atoms with E-state index >= 15 is 0 Å². The molecule has 5 nitrogen and oxygen atoms in total. The lowest BCUT2D eigenvalue weighted by molar-refractivity contribution is 0.0697. The summed E-state index contributed by atoms with van der Waals surface area (Å²) in [6.07, 6.45) is 0.715. The largest absolute Gasteiger partial charge is 0.478 e. The van der Waals surface area contributed by atoms with Gasteiger partial charge in [-0.15, -0.1) is 0 Å². The van der Waals surface area contributed by atoms with Crippen molar-refractivity contribution >= 4 is 16.1 Å². The first-order valence-corrected chi connectivity index (χ1v) is 7.44. The lowest BCUT2D eigenvalue weighted by Crippen LogP contribution is -1.98. The first kappa shape index (κ1) is 15.9. The van der Waals surface area contributed by atoms with E-state index in [9.17, 15) is 13.2 Å². The van der Waals surface area contributed by atoms with Gasteiger partial charge in [-0.25, -0.2) is 4.79 Å². The minimum atomic E-state index is -3.67. The molecule has 0 aliphatic carbocycles. The topological polar surface area (TPSA) is 91.7 Å². The molecule has 0 saturated heterocycles. The van der Waals surface area contributed by atoms with Crippen LogP contribution in [0.15, 0.2) is 54.6 Å². The number of hydrogen-bond donors (Lipinski definition) is 2. The van der Waals surface area contributed by atoms with Crippen LogP contribution in [0.5, 0.6) is 0 Å². The summed E-state index contributed by atoms with van der Waals surface area (Å²) >= 11 is 0. The molecular formula is C14H14O5S. The van der Waals surface area contributed by atoms with E-state index in [1.165, 1.54) is 0 Å². The molecule has 0 fully saturated rings. The van der Waals surface area contributed by atoms with Gasteiger partial charge >= 0.3 is 5.97 Å². The number of benzene rings is 2. The standard InChI is InChI=1S/C13H10O2.CH4O3S/c14-13(15)12-9-5-4-8-11(12)10-6-2-1-3-7-10;1-5(2,3)4/h1-9H,(H,14,15);1H3,(H,2,3,4). The Labute approximate surface area is 117 Å². The van der Waals surface area contributed by atoms with E-state index < -0.39 is 16.1 Å². The Bertz CT molecular complexity index is 670. The highest BCUT2D eigenvalue weighted by Gasteiger charge is 2.09. The monoisotopic (exact) mass is 294 g/mol. The smallest absolute Gasteiger partial charge is 0.336 e. The average Bonchev–Trinajstić information content (AvgIpc) is 2.38. The van der Waals surface area contributed by atoms with Gasteiger partial charge in [0, 0.05) is 0 Å². The van der Waals surface area contributed by atoms with Crippen molar-refractivity contribution in [3.05, 3.63) is 60.2 Å². The van der Waals surface area contributed by atoms with Crippen LogP contribution in [0.4, 0.5) is 0 Å². The van der Waals surface area contributed by atoms with Gasteiger partial charge < -0.3 is 5.11 Å². The molecule has 2 N–H and O–H groups in total. The summed E-state index contributed by atoms with van der Waals surface area (Å²) in [4.78, 5) is 11.0. The lowest BCUT2D eigenvalue weighted by Gasteiger charge is -2.05. The first-order valence-electron chi connectivity index (χ1n) is 5.59. The molecule has 0 aliphatic heterocycles. The van der Waals surface area contributed by atoms with Gasteiger partial charge in [-0.1, -0.05) is 48.5 Å². The van der Waals surface area contributed by atoms with Gasteiger partial charge in [0.15, 0.2) is 0 Å². The van der Waals surface area contributed by atoms with Gasteiger partial charge in [-0.05, 0) is 17.2 Å². The molecular weight excluding hydrogens is 280 g/mol. The summed E-state index contributed by atoms with van der Waals surface area (Å²) in [6.45, 7) is 0. The molecule has 0 aliphatic rings. The van der Waals surface area contributed by atoms with Crippen LogP contribution in [0.3, 0.4) is 0 Å². The average molecular weight is 294 g/mol. The van der Waals surface area contributed by atoms with Crippen molar-refractivity contribution in [2.75, 3.05) is 6.26 Å². The number of carboxylic acids is 1. The Morgan fingerprint density at radius 1 is 0.950 bits per heavy atom. The molecule has 0 radical (unpaired) electrons. The molecule has 0 spiro atoms. The number of hydrogen-bond acceptors (Lipinski definition) is 3. The zero-order chi connectivity index (χ0) is 15.2. The van der Waals surface area contributed by atoms with Gasteiger partial charge in [0.1, 0.15) is 0 Å². The maximum Gasteiger partial charge on any atom is 0.336 e. The van der Waals surface area contributed by atoms with Crippen LogP contribution in [0, 0.1) is 0 Å². The Morgan fingerprint density at radius 3 is 1.90 bits per heavy atom. The van der Waals surface area contributed by atoms with Gasteiger partial charge in [0.05, 0.1) is 11.8 Å². The number of rotatable bonds is 2. The highest BCUT2D eigenvalue weighted by atomic mass is 32.2. The molecule has 20 heavy (non-hydrogen) atoms. The maximum absolute atomic E-state index is 11.0. The van der Waals surface area contributed by atoms with Crippen LogP contribution in [0.2, 0.25) is 0 Å². The van der Waals surface area contributed by atoms with Crippen molar-refractivity contribution in [2.24, 2.45) is 0 Å². The molecule has 106 valence electrons. The van der Waals surface area contributed by atoms with Crippen molar-refractivity contribution in [1.29, 1.82) is 0 Å². The predicted octanol–water partition coefficient (Wildman–Crippen LogP) is 2.56. The first-order chi connectivity index (χ1) is 9.29. The molecule has 2 aromatic rings. The Balaban J connectivity index is 0.000000347. The van der Waals surface area contributed by atoms with Crippen LogP contribution in [-0.4, -0.2) is 30.3 Å². The number of carboxylic acid groups (broad SMARTS) is 1. The fourth-order valence-corrected chi connectivity index (χ4v) is 1.54. The van der Waals surface area contributed by atoms with E-state index in [0.29, 0.717) is 11.8 Å². The predicted molar refractivity (Wildman–Crippen MR) is 76.3 cm³/mol. The molecule has 0 saturated carbocycles. The fraction of sp³-hybridized carbons (Fsp3) is 0.0714. The Hall–Kier alpha value is -2.18. The summed E-state index contributed by atoms with van der Waals surface area (Å²) < 4.78 is 25.9. The van der Waals surface area contributed by atoms with Gasteiger partial charge in [-0.3, -0.25) is 4.55 Å². The van der Waals surface area contributed by atoms with Gasteiger partial charge in [0.25, 0.3) is 10.1 Å². The molecule has 0 amide bonds. The van der Waals surface area contributed by atoms with Crippen molar-refractivity contribution in [3.8, 4) is 11.1 Å². The second-order valence-electron chi connectivity index (χ2n) is 3.95. The Morgan fingerprint density at radius 2 is 1.40 bits per heavy atom. The zero-order valence-electron chi connectivity index (χ0n) is 10.7. The SMILES string of the molecule is CS(=O)(=O)O.O=C(O)c1ccccc1-c1ccccc1. The summed E-state index contributed by atoms with van der Waals surface area (Å²) in [7, 11) is -3.67. The van der Waals surface area contributed by atoms with Crippen LogP contribution >= 0.6 is 0 Å². The molecule has 0 heterocycles. The minimum Gasteiger partial charge on any atom is -0.478 e. The third-order valence-electron chi connectivity index (χ3n) is 2.24. The second-order valence-corrected chi connectivity index (χ2v) is 5.42. The second kappa shape index (κ2) is 6.83. The van der Waals surface area contributed by atoms with E-state index in [1.807, 2.05) is 42.5 Å².